The van der Waals surface area contributed by atoms with Crippen molar-refractivity contribution in [3.63, 3.8) is 0 Å². The lowest BCUT2D eigenvalue weighted by Gasteiger charge is -2.25. The van der Waals surface area contributed by atoms with E-state index in [0.717, 1.165) is 6.42 Å². The molecule has 0 aliphatic carbocycles. The molecule has 0 aliphatic heterocycles. The van der Waals surface area contributed by atoms with Gasteiger partial charge in [0.05, 0.1) is 12.6 Å². The molecule has 0 aromatic heterocycles. The van der Waals surface area contributed by atoms with Crippen molar-refractivity contribution in [1.82, 2.24) is 4.90 Å². The normalized spacial score (nSPS) is 14.2. The van der Waals surface area contributed by atoms with Gasteiger partial charge < -0.3 is 10.6 Å². The Hall–Kier alpha value is -1.01. The van der Waals surface area contributed by atoms with E-state index in [0.29, 0.717) is 13.1 Å². The number of carbonyl (C=O) groups is 1. The van der Waals surface area contributed by atoms with Crippen molar-refractivity contribution in [2.75, 3.05) is 13.1 Å². The number of hydrogen-bond acceptors (Lipinski definition) is 2. The summed E-state index contributed by atoms with van der Waals surface area (Å²) in [5, 5.41) is 0. The molecule has 0 bridgehead atoms. The molecule has 3 nitrogen and oxygen atoms in total. The van der Waals surface area contributed by atoms with Gasteiger partial charge in [0.2, 0.25) is 5.91 Å². The molecule has 1 unspecified atom stereocenters. The summed E-state index contributed by atoms with van der Waals surface area (Å²) >= 11 is 0. The summed E-state index contributed by atoms with van der Waals surface area (Å²) < 4.78 is 0. The average Bonchev–Trinajstić information content (AvgIpc) is 2.22. The van der Waals surface area contributed by atoms with Crippen LogP contribution in [-0.2, 0) is 4.79 Å². The summed E-state index contributed by atoms with van der Waals surface area (Å²) in [6, 6.07) is -0.423. The van der Waals surface area contributed by atoms with Crippen molar-refractivity contribution in [2.24, 2.45) is 11.7 Å². The fourth-order valence-electron chi connectivity index (χ4n) is 1.16. The van der Waals surface area contributed by atoms with E-state index in [-0.39, 0.29) is 11.8 Å². The van der Waals surface area contributed by atoms with E-state index in [1.54, 1.807) is 4.90 Å². The summed E-state index contributed by atoms with van der Waals surface area (Å²) in [5.74, 6) is 2.62. The number of nitrogens with two attached hydrogens (primary N) is 1. The molecular weight excluding hydrogens is 176 g/mol. The van der Waals surface area contributed by atoms with Gasteiger partial charge in [0.15, 0.2) is 0 Å². The summed E-state index contributed by atoms with van der Waals surface area (Å²) in [6.07, 6.45) is 6.07. The predicted molar refractivity (Wildman–Crippen MR) is 58.5 cm³/mol. The molecule has 1 amide bonds. The van der Waals surface area contributed by atoms with Gasteiger partial charge in [-0.25, -0.2) is 0 Å². The number of rotatable bonds is 5. The third-order valence-electron chi connectivity index (χ3n) is 2.52. The number of hydrogen-bond donors (Lipinski definition) is 1. The second-order valence-electron chi connectivity index (χ2n) is 3.47. The van der Waals surface area contributed by atoms with E-state index in [4.69, 9.17) is 12.2 Å². The fourth-order valence-corrected chi connectivity index (χ4v) is 1.16. The molecule has 0 saturated carbocycles. The molecular formula is C11H20N2O. The van der Waals surface area contributed by atoms with Crippen LogP contribution in [0.2, 0.25) is 0 Å². The highest BCUT2D eigenvalue weighted by atomic mass is 16.2. The van der Waals surface area contributed by atoms with Gasteiger partial charge in [-0.2, -0.15) is 0 Å². The maximum Gasteiger partial charge on any atom is 0.240 e. The SMILES string of the molecule is C#CCN(CC)C(=O)[C@@H](N)C(C)CC. The van der Waals surface area contributed by atoms with Crippen molar-refractivity contribution in [2.45, 2.75) is 33.2 Å². The highest BCUT2D eigenvalue weighted by Gasteiger charge is 2.23. The van der Waals surface area contributed by atoms with Crippen LogP contribution in [0.15, 0.2) is 0 Å². The predicted octanol–water partition coefficient (Wildman–Crippen LogP) is 0.841. The number of amides is 1. The van der Waals surface area contributed by atoms with Crippen LogP contribution >= 0.6 is 0 Å². The van der Waals surface area contributed by atoms with Crippen molar-refractivity contribution < 1.29 is 4.79 Å². The Morgan fingerprint density at radius 2 is 2.14 bits per heavy atom. The maximum absolute atomic E-state index is 11.8. The molecule has 0 aromatic carbocycles. The van der Waals surface area contributed by atoms with E-state index < -0.39 is 6.04 Å². The molecule has 0 radical (unpaired) electrons. The minimum Gasteiger partial charge on any atom is -0.330 e. The fraction of sp³-hybridized carbons (Fsp3) is 0.727. The molecule has 14 heavy (non-hydrogen) atoms. The van der Waals surface area contributed by atoms with E-state index in [1.807, 2.05) is 20.8 Å². The smallest absolute Gasteiger partial charge is 0.240 e. The zero-order valence-electron chi connectivity index (χ0n) is 9.29. The van der Waals surface area contributed by atoms with Crippen molar-refractivity contribution in [3.05, 3.63) is 0 Å². The third kappa shape index (κ3) is 3.39. The third-order valence-corrected chi connectivity index (χ3v) is 2.52. The van der Waals surface area contributed by atoms with E-state index in [1.165, 1.54) is 0 Å². The summed E-state index contributed by atoms with van der Waals surface area (Å²) in [7, 11) is 0. The first-order valence-corrected chi connectivity index (χ1v) is 5.06. The molecule has 0 heterocycles. The molecule has 80 valence electrons. The molecule has 0 rings (SSSR count). The first-order chi connectivity index (χ1) is 6.58. The number of likely N-dealkylation sites (N-methyl/N-ethyl adjacent to an activating group) is 1. The monoisotopic (exact) mass is 196 g/mol. The minimum atomic E-state index is -0.423. The average molecular weight is 196 g/mol. The van der Waals surface area contributed by atoms with Crippen molar-refractivity contribution >= 4 is 5.91 Å². The quantitative estimate of drug-likeness (QED) is 0.662. The highest BCUT2D eigenvalue weighted by molar-refractivity contribution is 5.82. The molecule has 2 atom stereocenters. The first kappa shape index (κ1) is 13.0. The van der Waals surface area contributed by atoms with Crippen LogP contribution in [-0.4, -0.2) is 29.9 Å². The molecule has 0 spiro atoms. The van der Waals surface area contributed by atoms with Crippen LogP contribution in [0.3, 0.4) is 0 Å². The minimum absolute atomic E-state index is 0.0419. The molecule has 0 aromatic rings. The lowest BCUT2D eigenvalue weighted by Crippen LogP contribution is -2.47. The van der Waals surface area contributed by atoms with Gasteiger partial charge in [-0.05, 0) is 12.8 Å². The Kier molecular flexibility index (Phi) is 5.98. The lowest BCUT2D eigenvalue weighted by atomic mass is 9.99. The second kappa shape index (κ2) is 6.44. The van der Waals surface area contributed by atoms with Gasteiger partial charge in [-0.15, -0.1) is 6.42 Å². The van der Waals surface area contributed by atoms with Gasteiger partial charge in [0.25, 0.3) is 0 Å². The highest BCUT2D eigenvalue weighted by Crippen LogP contribution is 2.08. The topological polar surface area (TPSA) is 46.3 Å². The summed E-state index contributed by atoms with van der Waals surface area (Å²) in [6.45, 7) is 6.87. The van der Waals surface area contributed by atoms with Crippen LogP contribution < -0.4 is 5.73 Å². The lowest BCUT2D eigenvalue weighted by molar-refractivity contribution is -0.132. The van der Waals surface area contributed by atoms with Gasteiger partial charge >= 0.3 is 0 Å². The Labute approximate surface area is 86.6 Å². The Balaban J connectivity index is 4.35. The molecule has 0 saturated heterocycles. The van der Waals surface area contributed by atoms with Crippen LogP contribution in [0.4, 0.5) is 0 Å². The van der Waals surface area contributed by atoms with Crippen LogP contribution in [0.25, 0.3) is 0 Å². The van der Waals surface area contributed by atoms with Crippen LogP contribution in [0.5, 0.6) is 0 Å². The zero-order chi connectivity index (χ0) is 11.1. The Morgan fingerprint density at radius 3 is 2.50 bits per heavy atom. The Bertz CT molecular complexity index is 220. The standard InChI is InChI=1S/C11H20N2O/c1-5-8-13(7-3)11(14)10(12)9(4)6-2/h1,9-10H,6-8,12H2,2-4H3/t9?,10-/m0/s1. The largest absolute Gasteiger partial charge is 0.330 e. The second-order valence-corrected chi connectivity index (χ2v) is 3.47. The zero-order valence-corrected chi connectivity index (χ0v) is 9.29. The van der Waals surface area contributed by atoms with Gasteiger partial charge in [0.1, 0.15) is 0 Å². The van der Waals surface area contributed by atoms with Gasteiger partial charge in [-0.3, -0.25) is 4.79 Å². The Morgan fingerprint density at radius 1 is 1.57 bits per heavy atom. The maximum atomic E-state index is 11.8. The van der Waals surface area contributed by atoms with E-state index in [2.05, 4.69) is 5.92 Å². The van der Waals surface area contributed by atoms with Gasteiger partial charge in [-0.1, -0.05) is 26.2 Å². The first-order valence-electron chi connectivity index (χ1n) is 5.06. The molecule has 0 fully saturated rings. The van der Waals surface area contributed by atoms with Gasteiger partial charge in [0, 0.05) is 6.54 Å². The van der Waals surface area contributed by atoms with E-state index in [9.17, 15) is 4.79 Å². The summed E-state index contributed by atoms with van der Waals surface area (Å²) in [4.78, 5) is 13.4. The summed E-state index contributed by atoms with van der Waals surface area (Å²) in [5.41, 5.74) is 5.82. The molecule has 2 N–H and O–H groups in total. The molecule has 3 heteroatoms. The number of nitrogens with zero attached hydrogens (tertiary/aromatic N) is 1. The number of carbonyl (C=O) groups excluding carboxylic acids is 1. The van der Waals surface area contributed by atoms with E-state index >= 15 is 0 Å². The van der Waals surface area contributed by atoms with Crippen molar-refractivity contribution in [3.8, 4) is 12.3 Å². The van der Waals surface area contributed by atoms with Crippen LogP contribution in [0, 0.1) is 18.3 Å². The molecule has 0 aliphatic rings. The number of terminal acetylenes is 1. The van der Waals surface area contributed by atoms with Crippen molar-refractivity contribution in [1.29, 1.82) is 0 Å². The van der Waals surface area contributed by atoms with Crippen LogP contribution in [0.1, 0.15) is 27.2 Å².